The van der Waals surface area contributed by atoms with Crippen molar-refractivity contribution in [2.75, 3.05) is 32.7 Å². The molecule has 0 N–H and O–H groups in total. The van der Waals surface area contributed by atoms with Gasteiger partial charge in [-0.05, 0) is 19.1 Å². The molecule has 3 heteroatoms. The van der Waals surface area contributed by atoms with Gasteiger partial charge in [-0.3, -0.25) is 9.80 Å². The topological polar surface area (TPSA) is 19.6 Å². The molecule has 1 aromatic heterocycles. The lowest BCUT2D eigenvalue weighted by atomic mass is 10.3. The molecule has 0 spiro atoms. The highest BCUT2D eigenvalue weighted by molar-refractivity contribution is 4.98. The SMILES string of the molecule is CC=CCN1CCN(Cc2ccco2)CC1. The molecule has 0 aliphatic carbocycles. The predicted octanol–water partition coefficient (Wildman–Crippen LogP) is 1.97. The van der Waals surface area contributed by atoms with E-state index in [4.69, 9.17) is 4.42 Å². The summed E-state index contributed by atoms with van der Waals surface area (Å²) in [5, 5.41) is 0. The van der Waals surface area contributed by atoms with Crippen LogP contribution in [0.5, 0.6) is 0 Å². The maximum absolute atomic E-state index is 5.36. The minimum atomic E-state index is 0.949. The van der Waals surface area contributed by atoms with E-state index in [-0.39, 0.29) is 0 Å². The Balaban J connectivity index is 1.73. The summed E-state index contributed by atoms with van der Waals surface area (Å²) >= 11 is 0. The van der Waals surface area contributed by atoms with Crippen LogP contribution in [0, 0.1) is 0 Å². The van der Waals surface area contributed by atoms with Crippen LogP contribution >= 0.6 is 0 Å². The van der Waals surface area contributed by atoms with E-state index < -0.39 is 0 Å². The fourth-order valence-electron chi connectivity index (χ4n) is 2.01. The summed E-state index contributed by atoms with van der Waals surface area (Å²) in [6.07, 6.45) is 6.09. The summed E-state index contributed by atoms with van der Waals surface area (Å²) in [7, 11) is 0. The summed E-state index contributed by atoms with van der Waals surface area (Å²) in [6, 6.07) is 4.00. The molecular formula is C13H20N2O. The van der Waals surface area contributed by atoms with Crippen molar-refractivity contribution in [3.8, 4) is 0 Å². The lowest BCUT2D eigenvalue weighted by Crippen LogP contribution is -2.45. The quantitative estimate of drug-likeness (QED) is 0.723. The molecule has 0 amide bonds. The van der Waals surface area contributed by atoms with Crippen LogP contribution in [0.25, 0.3) is 0 Å². The van der Waals surface area contributed by atoms with Gasteiger partial charge in [0.2, 0.25) is 0 Å². The van der Waals surface area contributed by atoms with Gasteiger partial charge >= 0.3 is 0 Å². The van der Waals surface area contributed by atoms with Gasteiger partial charge in [-0.25, -0.2) is 0 Å². The molecule has 0 unspecified atom stereocenters. The van der Waals surface area contributed by atoms with Crippen LogP contribution in [0.3, 0.4) is 0 Å². The Labute approximate surface area is 97.3 Å². The first-order valence-corrected chi connectivity index (χ1v) is 5.97. The number of hydrogen-bond acceptors (Lipinski definition) is 3. The number of rotatable bonds is 4. The third-order valence-corrected chi connectivity index (χ3v) is 3.02. The Kier molecular flexibility index (Phi) is 4.19. The van der Waals surface area contributed by atoms with Crippen LogP contribution < -0.4 is 0 Å². The fourth-order valence-corrected chi connectivity index (χ4v) is 2.01. The molecule has 0 bridgehead atoms. The van der Waals surface area contributed by atoms with E-state index in [1.54, 1.807) is 6.26 Å². The van der Waals surface area contributed by atoms with Crippen LogP contribution in [-0.2, 0) is 6.54 Å². The molecule has 0 radical (unpaired) electrons. The van der Waals surface area contributed by atoms with Crippen molar-refractivity contribution in [3.05, 3.63) is 36.3 Å². The van der Waals surface area contributed by atoms with Gasteiger partial charge in [-0.2, -0.15) is 0 Å². The summed E-state index contributed by atoms with van der Waals surface area (Å²) in [6.45, 7) is 8.70. The van der Waals surface area contributed by atoms with E-state index in [0.29, 0.717) is 0 Å². The zero-order chi connectivity index (χ0) is 11.2. The van der Waals surface area contributed by atoms with Crippen LogP contribution in [0.15, 0.2) is 35.0 Å². The minimum absolute atomic E-state index is 0.949. The Hall–Kier alpha value is -1.06. The molecule has 16 heavy (non-hydrogen) atoms. The van der Waals surface area contributed by atoms with Gasteiger partial charge in [0.1, 0.15) is 5.76 Å². The molecule has 88 valence electrons. The smallest absolute Gasteiger partial charge is 0.117 e. The number of allylic oxidation sites excluding steroid dienone is 1. The van der Waals surface area contributed by atoms with E-state index >= 15 is 0 Å². The van der Waals surface area contributed by atoms with Gasteiger partial charge in [0.05, 0.1) is 12.8 Å². The van der Waals surface area contributed by atoms with Gasteiger partial charge in [-0.1, -0.05) is 12.2 Å². The molecule has 0 aromatic carbocycles. The van der Waals surface area contributed by atoms with Crippen molar-refractivity contribution in [1.82, 2.24) is 9.80 Å². The molecule has 0 atom stereocenters. The number of nitrogens with zero attached hydrogens (tertiary/aromatic N) is 2. The standard InChI is InChI=1S/C13H20N2O/c1-2-3-6-14-7-9-15(10-8-14)12-13-5-4-11-16-13/h2-5,11H,6-10,12H2,1H3. The zero-order valence-corrected chi connectivity index (χ0v) is 9.93. The third-order valence-electron chi connectivity index (χ3n) is 3.02. The Morgan fingerprint density at radius 1 is 1.25 bits per heavy atom. The number of hydrogen-bond donors (Lipinski definition) is 0. The van der Waals surface area contributed by atoms with Crippen molar-refractivity contribution >= 4 is 0 Å². The van der Waals surface area contributed by atoms with Crippen LogP contribution in [0.2, 0.25) is 0 Å². The molecule has 2 heterocycles. The molecule has 3 nitrogen and oxygen atoms in total. The van der Waals surface area contributed by atoms with Crippen molar-refractivity contribution in [2.45, 2.75) is 13.5 Å². The van der Waals surface area contributed by atoms with Gasteiger partial charge < -0.3 is 4.42 Å². The van der Waals surface area contributed by atoms with E-state index in [0.717, 1.165) is 45.0 Å². The van der Waals surface area contributed by atoms with Crippen molar-refractivity contribution in [1.29, 1.82) is 0 Å². The first-order valence-electron chi connectivity index (χ1n) is 5.97. The molecule has 1 fully saturated rings. The molecule has 0 saturated carbocycles. The average Bonchev–Trinajstić information content (AvgIpc) is 2.81. The predicted molar refractivity (Wildman–Crippen MR) is 65.2 cm³/mol. The summed E-state index contributed by atoms with van der Waals surface area (Å²) in [5.41, 5.74) is 0. The summed E-state index contributed by atoms with van der Waals surface area (Å²) in [4.78, 5) is 4.93. The second-order valence-electron chi connectivity index (χ2n) is 4.23. The maximum Gasteiger partial charge on any atom is 0.117 e. The highest BCUT2D eigenvalue weighted by atomic mass is 16.3. The second kappa shape index (κ2) is 5.87. The van der Waals surface area contributed by atoms with Gasteiger partial charge in [0.25, 0.3) is 0 Å². The van der Waals surface area contributed by atoms with E-state index in [1.165, 1.54) is 0 Å². The lowest BCUT2D eigenvalue weighted by molar-refractivity contribution is 0.130. The number of piperazine rings is 1. The normalized spacial score (nSPS) is 19.6. The lowest BCUT2D eigenvalue weighted by Gasteiger charge is -2.33. The van der Waals surface area contributed by atoms with E-state index in [2.05, 4.69) is 28.9 Å². The maximum atomic E-state index is 5.36. The van der Waals surface area contributed by atoms with Crippen LogP contribution in [-0.4, -0.2) is 42.5 Å². The molecule has 1 aliphatic heterocycles. The average molecular weight is 220 g/mol. The van der Waals surface area contributed by atoms with Crippen molar-refractivity contribution in [3.63, 3.8) is 0 Å². The number of furan rings is 1. The highest BCUT2D eigenvalue weighted by Gasteiger charge is 2.16. The van der Waals surface area contributed by atoms with Gasteiger partial charge in [0, 0.05) is 32.7 Å². The first-order chi connectivity index (χ1) is 7.88. The summed E-state index contributed by atoms with van der Waals surface area (Å²) in [5.74, 6) is 1.07. The van der Waals surface area contributed by atoms with Crippen LogP contribution in [0.1, 0.15) is 12.7 Å². The van der Waals surface area contributed by atoms with Crippen molar-refractivity contribution in [2.24, 2.45) is 0 Å². The van der Waals surface area contributed by atoms with Gasteiger partial charge in [0.15, 0.2) is 0 Å². The largest absolute Gasteiger partial charge is 0.468 e. The first kappa shape index (κ1) is 11.4. The Morgan fingerprint density at radius 2 is 2.00 bits per heavy atom. The highest BCUT2D eigenvalue weighted by Crippen LogP contribution is 2.08. The second-order valence-corrected chi connectivity index (χ2v) is 4.23. The molecule has 2 rings (SSSR count). The molecule has 1 aliphatic rings. The Bertz CT molecular complexity index is 311. The van der Waals surface area contributed by atoms with E-state index in [9.17, 15) is 0 Å². The van der Waals surface area contributed by atoms with Crippen LogP contribution in [0.4, 0.5) is 0 Å². The zero-order valence-electron chi connectivity index (χ0n) is 9.93. The monoisotopic (exact) mass is 220 g/mol. The minimum Gasteiger partial charge on any atom is -0.468 e. The van der Waals surface area contributed by atoms with Crippen molar-refractivity contribution < 1.29 is 4.42 Å². The Morgan fingerprint density at radius 3 is 2.62 bits per heavy atom. The van der Waals surface area contributed by atoms with E-state index in [1.807, 2.05) is 12.1 Å². The summed E-state index contributed by atoms with van der Waals surface area (Å²) < 4.78 is 5.36. The molecule has 1 aromatic rings. The molecular weight excluding hydrogens is 200 g/mol. The third kappa shape index (κ3) is 3.22. The fraction of sp³-hybridized carbons (Fsp3) is 0.538. The van der Waals surface area contributed by atoms with Gasteiger partial charge in [-0.15, -0.1) is 0 Å². The molecule has 1 saturated heterocycles.